The third-order valence-corrected chi connectivity index (χ3v) is 4.09. The van der Waals surface area contributed by atoms with Crippen LogP contribution in [-0.2, 0) is 0 Å². The molecule has 2 N–H and O–H groups in total. The molecule has 94 valence electrons. The van der Waals surface area contributed by atoms with Crippen molar-refractivity contribution in [3.05, 3.63) is 41.6 Å². The molecule has 1 fully saturated rings. The van der Waals surface area contributed by atoms with E-state index >= 15 is 0 Å². The molecule has 0 spiro atoms. The van der Waals surface area contributed by atoms with Crippen LogP contribution in [0, 0.1) is 12.8 Å². The van der Waals surface area contributed by atoms with Gasteiger partial charge in [-0.15, -0.1) is 0 Å². The fourth-order valence-corrected chi connectivity index (χ4v) is 2.86. The van der Waals surface area contributed by atoms with Crippen molar-refractivity contribution in [2.24, 2.45) is 11.7 Å². The summed E-state index contributed by atoms with van der Waals surface area (Å²) < 4.78 is 0. The highest BCUT2D eigenvalue weighted by Gasteiger charge is 2.22. The Bertz CT molecular complexity index is 558. The van der Waals surface area contributed by atoms with Crippen LogP contribution in [0.4, 0.5) is 0 Å². The molecule has 1 aliphatic rings. The van der Waals surface area contributed by atoms with Crippen molar-refractivity contribution in [2.45, 2.75) is 38.6 Å². The smallest absolute Gasteiger partial charge is 0.0708 e. The second kappa shape index (κ2) is 4.69. The van der Waals surface area contributed by atoms with Crippen LogP contribution in [0.2, 0.25) is 0 Å². The molecule has 1 heterocycles. The van der Waals surface area contributed by atoms with Crippen LogP contribution in [0.3, 0.4) is 0 Å². The first kappa shape index (κ1) is 11.7. The lowest BCUT2D eigenvalue weighted by molar-refractivity contribution is 0.278. The van der Waals surface area contributed by atoms with Gasteiger partial charge in [0.25, 0.3) is 0 Å². The van der Waals surface area contributed by atoms with Gasteiger partial charge in [0.05, 0.1) is 5.52 Å². The summed E-state index contributed by atoms with van der Waals surface area (Å²) in [5.74, 6) is 0.840. The lowest BCUT2D eigenvalue weighted by Crippen LogP contribution is -2.20. The van der Waals surface area contributed by atoms with Crippen LogP contribution < -0.4 is 5.73 Å². The van der Waals surface area contributed by atoms with Crippen LogP contribution in [0.25, 0.3) is 10.9 Å². The molecule has 1 saturated carbocycles. The van der Waals surface area contributed by atoms with E-state index in [0.717, 1.165) is 23.5 Å². The van der Waals surface area contributed by atoms with E-state index in [1.165, 1.54) is 30.2 Å². The highest BCUT2D eigenvalue weighted by molar-refractivity contribution is 5.82. The summed E-state index contributed by atoms with van der Waals surface area (Å²) >= 11 is 0. The summed E-state index contributed by atoms with van der Waals surface area (Å²) in [5, 5.41) is 1.22. The van der Waals surface area contributed by atoms with Crippen molar-refractivity contribution in [3.8, 4) is 0 Å². The average Bonchev–Trinajstić information content (AvgIpc) is 2.32. The first-order valence-electron chi connectivity index (χ1n) is 6.86. The van der Waals surface area contributed by atoms with Crippen LogP contribution in [0.15, 0.2) is 30.3 Å². The second-order valence-corrected chi connectivity index (χ2v) is 5.51. The van der Waals surface area contributed by atoms with Gasteiger partial charge in [0.2, 0.25) is 0 Å². The third-order valence-electron chi connectivity index (χ3n) is 4.09. The number of aryl methyl sites for hydroxylation is 1. The largest absolute Gasteiger partial charge is 0.324 e. The van der Waals surface area contributed by atoms with Gasteiger partial charge in [0, 0.05) is 17.1 Å². The molecule has 1 atom stereocenters. The molecule has 0 aliphatic heterocycles. The van der Waals surface area contributed by atoms with Crippen molar-refractivity contribution in [2.75, 3.05) is 0 Å². The summed E-state index contributed by atoms with van der Waals surface area (Å²) in [6.07, 6.45) is 5.21. The van der Waals surface area contributed by atoms with Crippen LogP contribution in [0.5, 0.6) is 0 Å². The van der Waals surface area contributed by atoms with E-state index < -0.39 is 0 Å². The molecule has 1 aromatic heterocycles. The Morgan fingerprint density at radius 3 is 2.83 bits per heavy atom. The quantitative estimate of drug-likeness (QED) is 0.887. The zero-order valence-electron chi connectivity index (χ0n) is 10.9. The molecule has 2 aromatic rings. The maximum absolute atomic E-state index is 6.41. The van der Waals surface area contributed by atoms with Gasteiger partial charge in [-0.2, -0.15) is 0 Å². The van der Waals surface area contributed by atoms with Crippen molar-refractivity contribution >= 4 is 10.9 Å². The standard InChI is InChI=1S/C16H20N2/c1-11-9-14(15(17)10-12-5-4-6-12)13-7-2-3-8-16(13)18-11/h2-3,7-9,12,15H,4-6,10,17H2,1H3. The normalized spacial score (nSPS) is 17.7. The minimum absolute atomic E-state index is 0.155. The highest BCUT2D eigenvalue weighted by Crippen LogP contribution is 2.35. The van der Waals surface area contributed by atoms with E-state index in [9.17, 15) is 0 Å². The van der Waals surface area contributed by atoms with Gasteiger partial charge < -0.3 is 5.73 Å². The van der Waals surface area contributed by atoms with Gasteiger partial charge >= 0.3 is 0 Å². The van der Waals surface area contributed by atoms with E-state index in [-0.39, 0.29) is 6.04 Å². The molecule has 3 rings (SSSR count). The third kappa shape index (κ3) is 2.13. The van der Waals surface area contributed by atoms with Crippen LogP contribution >= 0.6 is 0 Å². The van der Waals surface area contributed by atoms with Crippen molar-refractivity contribution in [1.29, 1.82) is 0 Å². The molecule has 1 aliphatic carbocycles. The molecule has 0 bridgehead atoms. The number of nitrogens with zero attached hydrogens (tertiary/aromatic N) is 1. The molecule has 2 heteroatoms. The van der Waals surface area contributed by atoms with Gasteiger partial charge in [-0.1, -0.05) is 37.5 Å². The van der Waals surface area contributed by atoms with Crippen molar-refractivity contribution in [1.82, 2.24) is 4.98 Å². The Morgan fingerprint density at radius 2 is 2.11 bits per heavy atom. The summed E-state index contributed by atoms with van der Waals surface area (Å²) in [6.45, 7) is 2.05. The predicted octanol–water partition coefficient (Wildman–Crippen LogP) is 3.73. The van der Waals surface area contributed by atoms with Crippen molar-refractivity contribution in [3.63, 3.8) is 0 Å². The Kier molecular flexibility index (Phi) is 3.04. The second-order valence-electron chi connectivity index (χ2n) is 5.51. The summed E-state index contributed by atoms with van der Waals surface area (Å²) in [6, 6.07) is 10.6. The number of pyridine rings is 1. The summed E-state index contributed by atoms with van der Waals surface area (Å²) in [4.78, 5) is 4.58. The number of nitrogens with two attached hydrogens (primary N) is 1. The zero-order chi connectivity index (χ0) is 12.5. The Balaban J connectivity index is 1.98. The van der Waals surface area contributed by atoms with E-state index in [0.29, 0.717) is 0 Å². The molecule has 2 nitrogen and oxygen atoms in total. The molecule has 1 aromatic carbocycles. The SMILES string of the molecule is Cc1cc(C(N)CC2CCC2)c2ccccc2n1. The number of aromatic nitrogens is 1. The van der Waals surface area contributed by atoms with E-state index in [1.54, 1.807) is 0 Å². The number of hydrogen-bond donors (Lipinski definition) is 1. The molecular weight excluding hydrogens is 220 g/mol. The lowest BCUT2D eigenvalue weighted by atomic mass is 9.79. The molecule has 0 saturated heterocycles. The number of rotatable bonds is 3. The van der Waals surface area contributed by atoms with Crippen molar-refractivity contribution < 1.29 is 0 Å². The first-order chi connectivity index (χ1) is 8.74. The number of para-hydroxylation sites is 1. The molecular formula is C16H20N2. The van der Waals surface area contributed by atoms with Crippen LogP contribution in [-0.4, -0.2) is 4.98 Å². The Morgan fingerprint density at radius 1 is 1.33 bits per heavy atom. The van der Waals surface area contributed by atoms with Crippen LogP contribution in [0.1, 0.15) is 43.0 Å². The molecule has 0 radical (unpaired) electrons. The fourth-order valence-electron chi connectivity index (χ4n) is 2.86. The lowest BCUT2D eigenvalue weighted by Gasteiger charge is -2.28. The van der Waals surface area contributed by atoms with E-state index in [4.69, 9.17) is 5.73 Å². The highest BCUT2D eigenvalue weighted by atomic mass is 14.7. The molecule has 0 amide bonds. The molecule has 1 unspecified atom stereocenters. The number of hydrogen-bond acceptors (Lipinski definition) is 2. The number of fused-ring (bicyclic) bond motifs is 1. The van der Waals surface area contributed by atoms with E-state index in [1.807, 2.05) is 13.0 Å². The first-order valence-corrected chi connectivity index (χ1v) is 6.86. The predicted molar refractivity (Wildman–Crippen MR) is 75.4 cm³/mol. The minimum atomic E-state index is 0.155. The summed E-state index contributed by atoms with van der Waals surface area (Å²) in [5.41, 5.74) is 9.81. The van der Waals surface area contributed by atoms with Gasteiger partial charge in [-0.25, -0.2) is 0 Å². The van der Waals surface area contributed by atoms with Gasteiger partial charge in [-0.3, -0.25) is 4.98 Å². The van der Waals surface area contributed by atoms with Gasteiger partial charge in [-0.05, 0) is 37.0 Å². The monoisotopic (exact) mass is 240 g/mol. The zero-order valence-corrected chi connectivity index (χ0v) is 10.9. The van der Waals surface area contributed by atoms with Gasteiger partial charge in [0.15, 0.2) is 0 Å². The minimum Gasteiger partial charge on any atom is -0.324 e. The maximum Gasteiger partial charge on any atom is 0.0708 e. The Hall–Kier alpha value is -1.41. The topological polar surface area (TPSA) is 38.9 Å². The fraction of sp³-hybridized carbons (Fsp3) is 0.438. The molecule has 18 heavy (non-hydrogen) atoms. The van der Waals surface area contributed by atoms with Gasteiger partial charge in [0.1, 0.15) is 0 Å². The average molecular weight is 240 g/mol. The Labute approximate surface area is 108 Å². The van der Waals surface area contributed by atoms with E-state index in [2.05, 4.69) is 29.2 Å². The summed E-state index contributed by atoms with van der Waals surface area (Å²) in [7, 11) is 0. The number of benzene rings is 1. The maximum atomic E-state index is 6.41.